The number of hydrogen-bond donors (Lipinski definition) is 5. The molecule has 0 aromatic carbocycles. The largest absolute Gasteiger partial charge is 0.379 e. The summed E-state index contributed by atoms with van der Waals surface area (Å²) in [5.74, 6) is -1.05. The standard InChI is InChI=1S/C28H52N8O9/c1-21(2)26(27(39)32-22(3)5-4-8-31-28(30)40)33-25(38)7-11-45-20-23-19-36(35-34-23)9-12-42-14-16-44-18-17-43-15-13-41-10-6-24(29)37/h19,21-22,26H,4-18,20H2,1-3H3,(H2,29,37)(H,32,39)(H,33,38)(H3,30,31,40). The van der Waals surface area contributed by atoms with E-state index in [-0.39, 0.29) is 49.8 Å². The van der Waals surface area contributed by atoms with Crippen molar-refractivity contribution in [3.05, 3.63) is 11.9 Å². The molecule has 17 nitrogen and oxygen atoms in total. The summed E-state index contributed by atoms with van der Waals surface area (Å²) in [6.07, 6.45) is 3.36. The van der Waals surface area contributed by atoms with Crippen LogP contribution in [0.5, 0.6) is 0 Å². The first kappa shape index (κ1) is 39.6. The lowest BCUT2D eigenvalue weighted by atomic mass is 10.0. The van der Waals surface area contributed by atoms with Crippen LogP contribution >= 0.6 is 0 Å². The van der Waals surface area contributed by atoms with Crippen LogP contribution in [-0.4, -0.2) is 117 Å². The van der Waals surface area contributed by atoms with Crippen molar-refractivity contribution in [1.82, 2.24) is 30.9 Å². The van der Waals surface area contributed by atoms with Gasteiger partial charge in [-0.1, -0.05) is 19.1 Å². The number of urea groups is 1. The van der Waals surface area contributed by atoms with E-state index in [0.717, 1.165) is 0 Å². The topological polar surface area (TPSA) is 233 Å². The van der Waals surface area contributed by atoms with E-state index in [1.807, 2.05) is 20.8 Å². The van der Waals surface area contributed by atoms with E-state index >= 15 is 0 Å². The maximum atomic E-state index is 12.7. The first-order valence-electron chi connectivity index (χ1n) is 15.3. The van der Waals surface area contributed by atoms with Crippen LogP contribution in [0.2, 0.25) is 0 Å². The monoisotopic (exact) mass is 644 g/mol. The molecule has 0 aliphatic heterocycles. The second-order valence-electron chi connectivity index (χ2n) is 10.6. The molecule has 5 amide bonds. The van der Waals surface area contributed by atoms with Gasteiger partial charge >= 0.3 is 6.03 Å². The molecular weight excluding hydrogens is 592 g/mol. The molecule has 1 aromatic heterocycles. The Morgan fingerprint density at radius 2 is 1.42 bits per heavy atom. The van der Waals surface area contributed by atoms with Crippen LogP contribution in [0.1, 0.15) is 52.1 Å². The lowest BCUT2D eigenvalue weighted by Gasteiger charge is -2.24. The molecule has 0 aliphatic rings. The van der Waals surface area contributed by atoms with Crippen LogP contribution in [0.3, 0.4) is 0 Å². The lowest BCUT2D eigenvalue weighted by Crippen LogP contribution is -2.51. The van der Waals surface area contributed by atoms with Crippen LogP contribution in [-0.2, 0) is 51.2 Å². The van der Waals surface area contributed by atoms with Crippen molar-refractivity contribution in [1.29, 1.82) is 0 Å². The Hall–Kier alpha value is -3.38. The van der Waals surface area contributed by atoms with Gasteiger partial charge in [-0.05, 0) is 25.7 Å². The molecule has 1 heterocycles. The van der Waals surface area contributed by atoms with Crippen LogP contribution in [0.15, 0.2) is 6.20 Å². The average molecular weight is 645 g/mol. The Morgan fingerprint density at radius 1 is 0.822 bits per heavy atom. The molecule has 0 fully saturated rings. The molecule has 17 heteroatoms. The van der Waals surface area contributed by atoms with Crippen LogP contribution in [0.25, 0.3) is 0 Å². The van der Waals surface area contributed by atoms with Gasteiger partial charge < -0.3 is 51.1 Å². The van der Waals surface area contributed by atoms with E-state index in [1.54, 1.807) is 10.9 Å². The Balaban J connectivity index is 2.11. The van der Waals surface area contributed by atoms with Crippen LogP contribution in [0.4, 0.5) is 4.79 Å². The molecule has 1 aromatic rings. The number of carbonyl (C=O) groups excluding carboxylic acids is 4. The zero-order valence-corrected chi connectivity index (χ0v) is 26.8. The Morgan fingerprint density at radius 3 is 2.02 bits per heavy atom. The van der Waals surface area contributed by atoms with E-state index in [2.05, 4.69) is 26.3 Å². The molecule has 0 saturated carbocycles. The minimum atomic E-state index is -0.677. The molecule has 7 N–H and O–H groups in total. The number of nitrogens with two attached hydrogens (primary N) is 2. The minimum absolute atomic E-state index is 0.0911. The van der Waals surface area contributed by atoms with Gasteiger partial charge in [0, 0.05) is 25.4 Å². The summed E-state index contributed by atoms with van der Waals surface area (Å²) in [5.41, 5.74) is 10.7. The molecule has 45 heavy (non-hydrogen) atoms. The third-order valence-corrected chi connectivity index (χ3v) is 6.15. The van der Waals surface area contributed by atoms with Crippen molar-refractivity contribution < 1.29 is 42.9 Å². The fraction of sp³-hybridized carbons (Fsp3) is 0.786. The summed E-state index contributed by atoms with van der Waals surface area (Å²) in [6, 6.07) is -1.38. The van der Waals surface area contributed by atoms with Gasteiger partial charge in [0.25, 0.3) is 0 Å². The number of hydrogen-bond acceptors (Lipinski definition) is 11. The third-order valence-electron chi connectivity index (χ3n) is 6.15. The molecule has 0 saturated heterocycles. The van der Waals surface area contributed by atoms with E-state index in [9.17, 15) is 19.2 Å². The Bertz CT molecular complexity index is 980. The number of aromatic nitrogens is 3. The predicted octanol–water partition coefficient (Wildman–Crippen LogP) is -0.779. The summed E-state index contributed by atoms with van der Waals surface area (Å²) >= 11 is 0. The quantitative estimate of drug-likeness (QED) is 0.0710. The average Bonchev–Trinajstić information content (AvgIpc) is 3.43. The zero-order chi connectivity index (χ0) is 33.3. The van der Waals surface area contributed by atoms with Gasteiger partial charge in [0.15, 0.2) is 0 Å². The molecule has 2 atom stereocenters. The highest BCUT2D eigenvalue weighted by atomic mass is 16.6. The highest BCUT2D eigenvalue weighted by Gasteiger charge is 2.25. The highest BCUT2D eigenvalue weighted by molar-refractivity contribution is 5.88. The number of nitrogens with zero attached hydrogens (tertiary/aromatic N) is 3. The van der Waals surface area contributed by atoms with E-state index in [0.29, 0.717) is 84.5 Å². The molecule has 2 unspecified atom stereocenters. The van der Waals surface area contributed by atoms with Crippen LogP contribution in [0, 0.1) is 5.92 Å². The van der Waals surface area contributed by atoms with E-state index < -0.39 is 18.0 Å². The van der Waals surface area contributed by atoms with Gasteiger partial charge in [-0.15, -0.1) is 5.10 Å². The maximum Gasteiger partial charge on any atom is 0.312 e. The fourth-order valence-electron chi connectivity index (χ4n) is 3.75. The van der Waals surface area contributed by atoms with Gasteiger partial charge in [-0.25, -0.2) is 9.48 Å². The SMILES string of the molecule is CC(CCCNC(N)=O)NC(=O)C(NC(=O)CCOCc1cn(CCOCCOCCOCCOCCC(N)=O)nn1)C(C)C. The van der Waals surface area contributed by atoms with Crippen molar-refractivity contribution in [3.63, 3.8) is 0 Å². The second kappa shape index (κ2) is 24.9. The molecule has 0 bridgehead atoms. The van der Waals surface area contributed by atoms with Gasteiger partial charge in [-0.2, -0.15) is 0 Å². The summed E-state index contributed by atoms with van der Waals surface area (Å²) in [7, 11) is 0. The maximum absolute atomic E-state index is 12.7. The number of amides is 5. The van der Waals surface area contributed by atoms with E-state index in [1.165, 1.54) is 0 Å². The number of ether oxygens (including phenoxy) is 5. The summed E-state index contributed by atoms with van der Waals surface area (Å²) in [4.78, 5) is 46.5. The van der Waals surface area contributed by atoms with Gasteiger partial charge in [0.05, 0.1) is 78.8 Å². The van der Waals surface area contributed by atoms with Crippen LogP contribution < -0.4 is 27.4 Å². The summed E-state index contributed by atoms with van der Waals surface area (Å²) in [5, 5.41) is 16.3. The number of primary amides is 2. The van der Waals surface area contributed by atoms with Crippen molar-refractivity contribution in [3.8, 4) is 0 Å². The smallest absolute Gasteiger partial charge is 0.312 e. The Kier molecular flexibility index (Phi) is 21.9. The first-order valence-corrected chi connectivity index (χ1v) is 15.3. The summed E-state index contributed by atoms with van der Waals surface area (Å²) < 4.78 is 28.8. The zero-order valence-electron chi connectivity index (χ0n) is 26.8. The van der Waals surface area contributed by atoms with Gasteiger partial charge in [0.1, 0.15) is 11.7 Å². The van der Waals surface area contributed by atoms with Crippen molar-refractivity contribution in [2.24, 2.45) is 17.4 Å². The van der Waals surface area contributed by atoms with E-state index in [4.69, 9.17) is 35.2 Å². The molecule has 1 rings (SSSR count). The minimum Gasteiger partial charge on any atom is -0.379 e. The molecular formula is C28H52N8O9. The molecule has 258 valence electrons. The lowest BCUT2D eigenvalue weighted by molar-refractivity contribution is -0.131. The third kappa shape index (κ3) is 21.9. The molecule has 0 spiro atoms. The first-order chi connectivity index (χ1) is 21.6. The highest BCUT2D eigenvalue weighted by Crippen LogP contribution is 2.05. The second-order valence-corrected chi connectivity index (χ2v) is 10.6. The normalized spacial score (nSPS) is 12.5. The van der Waals surface area contributed by atoms with Crippen molar-refractivity contribution >= 4 is 23.8 Å². The van der Waals surface area contributed by atoms with Crippen molar-refractivity contribution in [2.75, 3.05) is 66.0 Å². The number of carbonyl (C=O) groups is 4. The summed E-state index contributed by atoms with van der Waals surface area (Å²) in [6.45, 7) is 10.2. The van der Waals surface area contributed by atoms with Gasteiger partial charge in [0.2, 0.25) is 17.7 Å². The fourth-order valence-corrected chi connectivity index (χ4v) is 3.75. The number of rotatable bonds is 28. The van der Waals surface area contributed by atoms with Crippen molar-refractivity contribution in [2.45, 2.75) is 71.7 Å². The molecule has 0 radical (unpaired) electrons. The van der Waals surface area contributed by atoms with Gasteiger partial charge in [-0.3, -0.25) is 14.4 Å². The predicted molar refractivity (Wildman–Crippen MR) is 163 cm³/mol. The Labute approximate surface area is 264 Å². The molecule has 0 aliphatic carbocycles. The number of nitrogens with one attached hydrogen (secondary N) is 3.